The van der Waals surface area contributed by atoms with Crippen molar-refractivity contribution in [1.29, 1.82) is 0 Å². The lowest BCUT2D eigenvalue weighted by molar-refractivity contribution is 0.483. The number of aromatic nitrogens is 3. The van der Waals surface area contributed by atoms with Crippen LogP contribution < -0.4 is 4.74 Å². The highest BCUT2D eigenvalue weighted by Crippen LogP contribution is 2.25. The molecule has 0 fully saturated rings. The van der Waals surface area contributed by atoms with Gasteiger partial charge in [-0.05, 0) is 48.5 Å². The Labute approximate surface area is 133 Å². The van der Waals surface area contributed by atoms with Crippen molar-refractivity contribution < 1.29 is 4.74 Å². The number of rotatable bonds is 3. The minimum atomic E-state index is 0.648. The molecule has 0 spiro atoms. The second-order valence-electron chi connectivity index (χ2n) is 5.04. The highest BCUT2D eigenvalue weighted by molar-refractivity contribution is 5.73. The van der Waals surface area contributed by atoms with Crippen LogP contribution in [0, 0.1) is 0 Å². The molecule has 0 aliphatic carbocycles. The molecular weight excluding hydrogens is 286 g/mol. The fourth-order valence-electron chi connectivity index (χ4n) is 2.31. The van der Waals surface area contributed by atoms with Crippen molar-refractivity contribution in [2.45, 2.75) is 0 Å². The quantitative estimate of drug-likeness (QED) is 0.559. The maximum atomic E-state index is 5.79. The molecule has 0 aliphatic rings. The van der Waals surface area contributed by atoms with Crippen molar-refractivity contribution in [1.82, 2.24) is 15.0 Å². The van der Waals surface area contributed by atoms with Gasteiger partial charge in [0.15, 0.2) is 5.65 Å². The lowest BCUT2D eigenvalue weighted by Crippen LogP contribution is -1.90. The average Bonchev–Trinajstić information content (AvgIpc) is 2.63. The fourth-order valence-corrected chi connectivity index (χ4v) is 2.31. The van der Waals surface area contributed by atoms with Crippen LogP contribution in [0.4, 0.5) is 0 Å². The second kappa shape index (κ2) is 5.85. The third kappa shape index (κ3) is 2.87. The summed E-state index contributed by atoms with van der Waals surface area (Å²) in [6.07, 6.45) is 3.48. The number of hydrogen-bond acceptors (Lipinski definition) is 4. The zero-order valence-electron chi connectivity index (χ0n) is 12.3. The molecule has 0 amide bonds. The van der Waals surface area contributed by atoms with Crippen molar-refractivity contribution in [2.24, 2.45) is 0 Å². The van der Waals surface area contributed by atoms with Gasteiger partial charge in [0.1, 0.15) is 17.0 Å². The van der Waals surface area contributed by atoms with E-state index in [-0.39, 0.29) is 0 Å². The van der Waals surface area contributed by atoms with Gasteiger partial charge in [0.25, 0.3) is 0 Å². The first-order valence-corrected chi connectivity index (χ1v) is 7.30. The van der Waals surface area contributed by atoms with Gasteiger partial charge in [-0.15, -0.1) is 0 Å². The largest absolute Gasteiger partial charge is 0.457 e. The monoisotopic (exact) mass is 299 g/mol. The summed E-state index contributed by atoms with van der Waals surface area (Å²) in [5.74, 6) is 1.60. The molecule has 0 atom stereocenters. The summed E-state index contributed by atoms with van der Waals surface area (Å²) in [5, 5.41) is 0. The van der Waals surface area contributed by atoms with Crippen LogP contribution in [0.1, 0.15) is 0 Å². The molecule has 4 aromatic rings. The topological polar surface area (TPSA) is 47.9 Å². The molecule has 0 bridgehead atoms. The first-order chi connectivity index (χ1) is 11.4. The fraction of sp³-hybridized carbons (Fsp3) is 0. The Morgan fingerprint density at radius 2 is 1.48 bits per heavy atom. The third-order valence-electron chi connectivity index (χ3n) is 3.45. The molecule has 2 heterocycles. The number of fused-ring (bicyclic) bond motifs is 1. The van der Waals surface area contributed by atoms with Crippen LogP contribution in [0.25, 0.3) is 22.4 Å². The van der Waals surface area contributed by atoms with Crippen LogP contribution in [0.3, 0.4) is 0 Å². The summed E-state index contributed by atoms with van der Waals surface area (Å²) in [5.41, 5.74) is 3.21. The van der Waals surface area contributed by atoms with Crippen molar-refractivity contribution >= 4 is 11.2 Å². The Balaban J connectivity index is 1.61. The lowest BCUT2D eigenvalue weighted by Gasteiger charge is -2.06. The van der Waals surface area contributed by atoms with Gasteiger partial charge < -0.3 is 4.74 Å². The van der Waals surface area contributed by atoms with E-state index < -0.39 is 0 Å². The second-order valence-corrected chi connectivity index (χ2v) is 5.04. The Kier molecular flexibility index (Phi) is 3.41. The van der Waals surface area contributed by atoms with Gasteiger partial charge >= 0.3 is 0 Å². The first-order valence-electron chi connectivity index (χ1n) is 7.30. The van der Waals surface area contributed by atoms with E-state index in [9.17, 15) is 0 Å². The minimum Gasteiger partial charge on any atom is -0.457 e. The summed E-state index contributed by atoms with van der Waals surface area (Å²) in [4.78, 5) is 13.2. The zero-order valence-corrected chi connectivity index (χ0v) is 12.3. The molecule has 0 saturated carbocycles. The van der Waals surface area contributed by atoms with E-state index in [0.29, 0.717) is 5.65 Å². The zero-order chi connectivity index (χ0) is 15.5. The number of nitrogens with zero attached hydrogens (tertiary/aromatic N) is 3. The number of pyridine rings is 1. The van der Waals surface area contributed by atoms with Gasteiger partial charge in [-0.3, -0.25) is 4.98 Å². The van der Waals surface area contributed by atoms with Crippen molar-refractivity contribution in [2.75, 3.05) is 0 Å². The van der Waals surface area contributed by atoms with Crippen LogP contribution in [-0.4, -0.2) is 15.0 Å². The predicted octanol–water partition coefficient (Wildman–Crippen LogP) is 4.48. The smallest absolute Gasteiger partial charge is 0.178 e. The van der Waals surface area contributed by atoms with Crippen molar-refractivity contribution in [3.63, 3.8) is 0 Å². The maximum absolute atomic E-state index is 5.79. The molecule has 0 saturated heterocycles. The predicted molar refractivity (Wildman–Crippen MR) is 89.3 cm³/mol. The van der Waals surface area contributed by atoms with Gasteiger partial charge in [-0.1, -0.05) is 18.2 Å². The molecule has 23 heavy (non-hydrogen) atoms. The number of hydrogen-bond donors (Lipinski definition) is 0. The molecule has 0 unspecified atom stereocenters. The van der Waals surface area contributed by atoms with Gasteiger partial charge in [0, 0.05) is 11.8 Å². The van der Waals surface area contributed by atoms with E-state index in [0.717, 1.165) is 28.3 Å². The Morgan fingerprint density at radius 3 is 2.30 bits per heavy atom. The molecule has 0 aliphatic heterocycles. The third-order valence-corrected chi connectivity index (χ3v) is 3.45. The van der Waals surface area contributed by atoms with Crippen LogP contribution >= 0.6 is 0 Å². The van der Waals surface area contributed by atoms with E-state index >= 15 is 0 Å². The molecule has 110 valence electrons. The van der Waals surface area contributed by atoms with E-state index in [1.807, 2.05) is 66.7 Å². The number of benzene rings is 2. The highest BCUT2D eigenvalue weighted by atomic mass is 16.5. The van der Waals surface area contributed by atoms with Gasteiger partial charge in [0.05, 0.1) is 11.9 Å². The molecule has 0 radical (unpaired) electrons. The van der Waals surface area contributed by atoms with Crippen LogP contribution in [0.15, 0.2) is 79.1 Å². The summed E-state index contributed by atoms with van der Waals surface area (Å²) < 4.78 is 5.79. The highest BCUT2D eigenvalue weighted by Gasteiger charge is 2.04. The van der Waals surface area contributed by atoms with Crippen molar-refractivity contribution in [3.8, 4) is 22.8 Å². The minimum absolute atomic E-state index is 0.648. The van der Waals surface area contributed by atoms with E-state index in [1.54, 1.807) is 12.4 Å². The molecular formula is C19H13N3O. The number of ether oxygens (including phenoxy) is 1. The maximum Gasteiger partial charge on any atom is 0.178 e. The Bertz CT molecular complexity index is 937. The summed E-state index contributed by atoms with van der Waals surface area (Å²) >= 11 is 0. The van der Waals surface area contributed by atoms with Crippen LogP contribution in [0.5, 0.6) is 11.5 Å². The Morgan fingerprint density at radius 1 is 0.696 bits per heavy atom. The molecule has 4 nitrogen and oxygen atoms in total. The van der Waals surface area contributed by atoms with E-state index in [4.69, 9.17) is 4.74 Å². The van der Waals surface area contributed by atoms with Crippen LogP contribution in [-0.2, 0) is 0 Å². The molecule has 4 heteroatoms. The van der Waals surface area contributed by atoms with E-state index in [1.165, 1.54) is 0 Å². The summed E-state index contributed by atoms with van der Waals surface area (Å²) in [6, 6.07) is 21.2. The lowest BCUT2D eigenvalue weighted by atomic mass is 10.1. The van der Waals surface area contributed by atoms with Crippen molar-refractivity contribution in [3.05, 3.63) is 79.1 Å². The average molecular weight is 299 g/mol. The number of para-hydroxylation sites is 1. The SMILES string of the molecule is c1ccc(Oc2ccc(-c3cnc4cccnc4n3)cc2)cc1. The molecule has 2 aromatic carbocycles. The van der Waals surface area contributed by atoms with E-state index in [2.05, 4.69) is 15.0 Å². The summed E-state index contributed by atoms with van der Waals surface area (Å²) in [7, 11) is 0. The van der Waals surface area contributed by atoms with Gasteiger partial charge in [-0.25, -0.2) is 9.97 Å². The van der Waals surface area contributed by atoms with Gasteiger partial charge in [0.2, 0.25) is 0 Å². The standard InChI is InChI=1S/C19H13N3O/c1-2-5-15(6-3-1)23-16-10-8-14(9-11-16)18-13-21-17-7-4-12-20-19(17)22-18/h1-13H. The molecule has 4 rings (SSSR count). The first kappa shape index (κ1) is 13.4. The normalized spacial score (nSPS) is 10.6. The Hall–Kier alpha value is -3.27. The van der Waals surface area contributed by atoms with Gasteiger partial charge in [-0.2, -0.15) is 0 Å². The summed E-state index contributed by atoms with van der Waals surface area (Å²) in [6.45, 7) is 0. The molecule has 0 N–H and O–H groups in total. The van der Waals surface area contributed by atoms with Crippen LogP contribution in [0.2, 0.25) is 0 Å². The molecule has 2 aromatic heterocycles.